The average Bonchev–Trinajstić information content (AvgIpc) is 3.36. The molecule has 4 aromatic rings. The highest BCUT2D eigenvalue weighted by Gasteiger charge is 2.23. The second-order valence-corrected chi connectivity index (χ2v) is 9.31. The van der Waals surface area contributed by atoms with Gasteiger partial charge in [-0.15, -0.1) is 0 Å². The Hall–Kier alpha value is -4.10. The first-order valence-corrected chi connectivity index (χ1v) is 12.8. The van der Waals surface area contributed by atoms with Crippen LogP contribution in [0, 0.1) is 6.92 Å². The van der Waals surface area contributed by atoms with Crippen molar-refractivity contribution < 1.29 is 19.1 Å². The molecule has 3 aromatic carbocycles. The minimum atomic E-state index is -0.172. The van der Waals surface area contributed by atoms with Gasteiger partial charge in [0.15, 0.2) is 0 Å². The zero-order chi connectivity index (χ0) is 26.9. The van der Waals surface area contributed by atoms with Gasteiger partial charge in [-0.1, -0.05) is 48.5 Å². The molecule has 0 spiro atoms. The van der Waals surface area contributed by atoms with Crippen LogP contribution < -0.4 is 4.74 Å². The summed E-state index contributed by atoms with van der Waals surface area (Å²) in [6.07, 6.45) is 2.70. The third-order valence-electron chi connectivity index (χ3n) is 6.77. The quantitative estimate of drug-likeness (QED) is 0.294. The number of H-pyrrole nitrogens is 1. The number of carbonyl (C=O) groups is 2. The Morgan fingerprint density at radius 2 is 1.61 bits per heavy atom. The number of aromatic amines is 1. The summed E-state index contributed by atoms with van der Waals surface area (Å²) in [5.41, 5.74) is 4.69. The number of hydrogen-bond donors (Lipinski definition) is 1. The van der Waals surface area contributed by atoms with Crippen molar-refractivity contribution in [3.63, 3.8) is 0 Å². The van der Waals surface area contributed by atoms with Crippen molar-refractivity contribution in [2.75, 3.05) is 40.5 Å². The van der Waals surface area contributed by atoms with Crippen LogP contribution in [0.1, 0.15) is 27.0 Å². The lowest BCUT2D eigenvalue weighted by Crippen LogP contribution is -2.44. The van der Waals surface area contributed by atoms with Crippen molar-refractivity contribution in [3.05, 3.63) is 101 Å². The van der Waals surface area contributed by atoms with E-state index in [1.54, 1.807) is 25.2 Å². The summed E-state index contributed by atoms with van der Waals surface area (Å²) in [7, 11) is 3.22. The summed E-state index contributed by atoms with van der Waals surface area (Å²) in [5.74, 6) is 0.480. The van der Waals surface area contributed by atoms with Gasteiger partial charge in [0.1, 0.15) is 12.3 Å². The number of aryl methyl sites for hydroxylation is 1. The predicted octanol–water partition coefficient (Wildman–Crippen LogP) is 4.85. The van der Waals surface area contributed by atoms with Crippen LogP contribution in [0.25, 0.3) is 10.9 Å². The molecule has 0 radical (unpaired) electrons. The van der Waals surface area contributed by atoms with Gasteiger partial charge in [0.05, 0.1) is 13.7 Å². The Kier molecular flexibility index (Phi) is 9.16. The molecule has 0 aliphatic carbocycles. The van der Waals surface area contributed by atoms with E-state index in [9.17, 15) is 9.59 Å². The number of methoxy groups -OCH3 is 2. The molecule has 38 heavy (non-hydrogen) atoms. The van der Waals surface area contributed by atoms with Crippen LogP contribution in [0.5, 0.6) is 5.75 Å². The van der Waals surface area contributed by atoms with Gasteiger partial charge in [-0.25, -0.2) is 0 Å². The molecule has 0 bridgehead atoms. The first-order chi connectivity index (χ1) is 18.5. The minimum Gasteiger partial charge on any atom is -0.497 e. The molecule has 1 N–H and O–H groups in total. The van der Waals surface area contributed by atoms with E-state index >= 15 is 0 Å². The highest BCUT2D eigenvalue weighted by molar-refractivity contribution is 5.97. The Labute approximate surface area is 224 Å². The normalized spacial score (nSPS) is 10.9. The van der Waals surface area contributed by atoms with Crippen LogP contribution >= 0.6 is 0 Å². The third kappa shape index (κ3) is 6.61. The monoisotopic (exact) mass is 513 g/mol. The van der Waals surface area contributed by atoms with Gasteiger partial charge >= 0.3 is 0 Å². The molecule has 0 aliphatic heterocycles. The van der Waals surface area contributed by atoms with Gasteiger partial charge in [-0.2, -0.15) is 0 Å². The molecule has 7 nitrogen and oxygen atoms in total. The Morgan fingerprint density at radius 1 is 0.868 bits per heavy atom. The molecule has 7 heteroatoms. The predicted molar refractivity (Wildman–Crippen MR) is 149 cm³/mol. The molecule has 0 saturated carbocycles. The standard InChI is InChI=1S/C31H35N3O4/c1-23-8-4-5-9-27(23)31(36)34(18-19-37-2)22-30(35)33(21-24-12-14-26(38-3)15-13-24)17-16-25-20-32-29-11-7-6-10-28(25)29/h4-15,20,32H,16-19,21-22H2,1-3H3. The molecule has 0 atom stereocenters. The van der Waals surface area contributed by atoms with Gasteiger partial charge in [0.25, 0.3) is 5.91 Å². The molecular weight excluding hydrogens is 478 g/mol. The van der Waals surface area contributed by atoms with E-state index in [0.29, 0.717) is 38.2 Å². The van der Waals surface area contributed by atoms with E-state index in [-0.39, 0.29) is 18.4 Å². The molecule has 0 unspecified atom stereocenters. The molecule has 1 heterocycles. The zero-order valence-corrected chi connectivity index (χ0v) is 22.3. The number of ether oxygens (including phenoxy) is 2. The second kappa shape index (κ2) is 12.9. The van der Waals surface area contributed by atoms with Crippen molar-refractivity contribution in [2.45, 2.75) is 19.9 Å². The number of nitrogens with zero attached hydrogens (tertiary/aromatic N) is 2. The van der Waals surface area contributed by atoms with E-state index in [4.69, 9.17) is 9.47 Å². The summed E-state index contributed by atoms with van der Waals surface area (Å²) >= 11 is 0. The van der Waals surface area contributed by atoms with Crippen LogP contribution in [-0.4, -0.2) is 67.1 Å². The maximum atomic E-state index is 13.7. The highest BCUT2D eigenvalue weighted by Crippen LogP contribution is 2.20. The van der Waals surface area contributed by atoms with Crippen molar-refractivity contribution in [1.29, 1.82) is 0 Å². The largest absolute Gasteiger partial charge is 0.497 e. The van der Waals surface area contributed by atoms with Crippen molar-refractivity contribution in [3.8, 4) is 5.75 Å². The lowest BCUT2D eigenvalue weighted by molar-refractivity contribution is -0.132. The molecule has 4 rings (SSSR count). The number of amides is 2. The smallest absolute Gasteiger partial charge is 0.254 e. The summed E-state index contributed by atoms with van der Waals surface area (Å²) in [6, 6.07) is 23.3. The summed E-state index contributed by atoms with van der Waals surface area (Å²) in [5, 5.41) is 1.15. The van der Waals surface area contributed by atoms with Crippen molar-refractivity contribution in [2.24, 2.45) is 0 Å². The van der Waals surface area contributed by atoms with Gasteiger partial charge in [-0.05, 0) is 54.3 Å². The SMILES string of the molecule is COCCN(CC(=O)N(CCc1c[nH]c2ccccc12)Cc1ccc(OC)cc1)C(=O)c1ccccc1C. The number of rotatable bonds is 12. The molecule has 0 aliphatic rings. The van der Waals surface area contributed by atoms with E-state index in [1.807, 2.05) is 78.7 Å². The summed E-state index contributed by atoms with van der Waals surface area (Å²) in [4.78, 5) is 33.9. The van der Waals surface area contributed by atoms with Gasteiger partial charge in [0, 0.05) is 49.4 Å². The van der Waals surface area contributed by atoms with Crippen molar-refractivity contribution >= 4 is 22.7 Å². The Morgan fingerprint density at radius 3 is 2.34 bits per heavy atom. The summed E-state index contributed by atoms with van der Waals surface area (Å²) < 4.78 is 10.5. The molecule has 0 fully saturated rings. The minimum absolute atomic E-state index is 0.0272. The number of aromatic nitrogens is 1. The average molecular weight is 514 g/mol. The zero-order valence-electron chi connectivity index (χ0n) is 22.3. The van der Waals surface area contributed by atoms with Crippen LogP contribution in [0.3, 0.4) is 0 Å². The fourth-order valence-corrected chi connectivity index (χ4v) is 4.54. The third-order valence-corrected chi connectivity index (χ3v) is 6.77. The molecular formula is C31H35N3O4. The summed E-state index contributed by atoms with van der Waals surface area (Å²) in [6.45, 7) is 3.50. The number of nitrogens with one attached hydrogen (secondary N) is 1. The first-order valence-electron chi connectivity index (χ1n) is 12.8. The lowest BCUT2D eigenvalue weighted by atomic mass is 10.1. The van der Waals surface area contributed by atoms with Crippen LogP contribution in [0.2, 0.25) is 0 Å². The van der Waals surface area contributed by atoms with Crippen LogP contribution in [0.4, 0.5) is 0 Å². The van der Waals surface area contributed by atoms with Gasteiger partial charge < -0.3 is 24.3 Å². The maximum Gasteiger partial charge on any atom is 0.254 e. The van der Waals surface area contributed by atoms with Crippen molar-refractivity contribution in [1.82, 2.24) is 14.8 Å². The highest BCUT2D eigenvalue weighted by atomic mass is 16.5. The number of hydrogen-bond acceptors (Lipinski definition) is 4. The number of benzene rings is 3. The fourth-order valence-electron chi connectivity index (χ4n) is 4.54. The molecule has 1 aromatic heterocycles. The molecule has 2 amide bonds. The van der Waals surface area contributed by atoms with E-state index in [2.05, 4.69) is 11.1 Å². The second-order valence-electron chi connectivity index (χ2n) is 9.31. The van der Waals surface area contributed by atoms with Gasteiger partial charge in [-0.3, -0.25) is 9.59 Å². The number of carbonyl (C=O) groups excluding carboxylic acids is 2. The molecule has 198 valence electrons. The van der Waals surface area contributed by atoms with Crippen LogP contribution in [0.15, 0.2) is 79.0 Å². The fraction of sp³-hybridized carbons (Fsp3) is 0.290. The van der Waals surface area contributed by atoms with E-state index < -0.39 is 0 Å². The van der Waals surface area contributed by atoms with Crippen LogP contribution in [-0.2, 0) is 22.5 Å². The topological polar surface area (TPSA) is 74.9 Å². The lowest BCUT2D eigenvalue weighted by Gasteiger charge is -2.28. The number of fused-ring (bicyclic) bond motifs is 1. The Balaban J connectivity index is 1.55. The van der Waals surface area contributed by atoms with E-state index in [1.165, 1.54) is 0 Å². The first kappa shape index (κ1) is 26.9. The Bertz CT molecular complexity index is 1360. The molecule has 0 saturated heterocycles. The van der Waals surface area contributed by atoms with Gasteiger partial charge in [0.2, 0.25) is 5.91 Å². The van der Waals surface area contributed by atoms with E-state index in [0.717, 1.165) is 33.3 Å². The number of para-hydroxylation sites is 1. The maximum absolute atomic E-state index is 13.7.